The van der Waals surface area contributed by atoms with Gasteiger partial charge < -0.3 is 15.4 Å². The van der Waals surface area contributed by atoms with E-state index < -0.39 is 0 Å². The average Bonchev–Trinajstić information content (AvgIpc) is 3.04. The van der Waals surface area contributed by atoms with Crippen LogP contribution >= 0.6 is 12.4 Å². The van der Waals surface area contributed by atoms with Crippen LogP contribution in [-0.2, 0) is 4.79 Å². The third-order valence-corrected chi connectivity index (χ3v) is 3.97. The first kappa shape index (κ1) is 18.3. The van der Waals surface area contributed by atoms with Gasteiger partial charge in [-0.3, -0.25) is 4.79 Å². The lowest BCUT2D eigenvalue weighted by molar-refractivity contribution is -0.116. The molecule has 24 heavy (non-hydrogen) atoms. The molecule has 2 N–H and O–H groups in total. The van der Waals surface area contributed by atoms with E-state index in [0.29, 0.717) is 18.2 Å². The number of carbonyl (C=O) groups is 1. The van der Waals surface area contributed by atoms with Gasteiger partial charge >= 0.3 is 0 Å². The lowest BCUT2D eigenvalue weighted by atomic mass is 10.1. The molecule has 0 bridgehead atoms. The van der Waals surface area contributed by atoms with E-state index in [9.17, 15) is 4.79 Å². The first-order chi connectivity index (χ1) is 11.2. The molecule has 1 amide bonds. The smallest absolute Gasteiger partial charge is 0.226 e. The summed E-state index contributed by atoms with van der Waals surface area (Å²) in [5.41, 5.74) is 1.80. The number of hydrogen-bond acceptors (Lipinski definition) is 3. The number of rotatable bonds is 5. The van der Waals surface area contributed by atoms with Crippen molar-refractivity contribution in [2.45, 2.75) is 32.2 Å². The lowest BCUT2D eigenvalue weighted by Crippen LogP contribution is -2.27. The lowest BCUT2D eigenvalue weighted by Gasteiger charge is -2.15. The fraction of sp³-hybridized carbons (Fsp3) is 0.316. The zero-order chi connectivity index (χ0) is 16.1. The third kappa shape index (κ3) is 4.98. The minimum absolute atomic E-state index is 0. The molecule has 1 unspecified atom stereocenters. The van der Waals surface area contributed by atoms with Crippen LogP contribution in [0, 0.1) is 6.92 Å². The van der Waals surface area contributed by atoms with Crippen molar-refractivity contribution >= 4 is 24.0 Å². The van der Waals surface area contributed by atoms with Crippen molar-refractivity contribution in [2.24, 2.45) is 0 Å². The molecule has 1 aliphatic heterocycles. The van der Waals surface area contributed by atoms with E-state index in [-0.39, 0.29) is 18.3 Å². The Labute approximate surface area is 149 Å². The highest BCUT2D eigenvalue weighted by molar-refractivity contribution is 5.92. The van der Waals surface area contributed by atoms with Crippen LogP contribution in [0.4, 0.5) is 5.69 Å². The summed E-state index contributed by atoms with van der Waals surface area (Å²) in [4.78, 5) is 12.3. The van der Waals surface area contributed by atoms with Crippen molar-refractivity contribution in [3.05, 3.63) is 54.1 Å². The summed E-state index contributed by atoms with van der Waals surface area (Å²) in [5.74, 6) is 1.44. The summed E-state index contributed by atoms with van der Waals surface area (Å²) in [6, 6.07) is 15.7. The number of carbonyl (C=O) groups excluding carboxylic acids is 1. The highest BCUT2D eigenvalue weighted by Crippen LogP contribution is 2.30. The zero-order valence-corrected chi connectivity index (χ0v) is 14.6. The molecule has 2 aromatic carbocycles. The van der Waals surface area contributed by atoms with Gasteiger partial charge in [-0.2, -0.15) is 0 Å². The zero-order valence-electron chi connectivity index (χ0n) is 13.7. The largest absolute Gasteiger partial charge is 0.455 e. The van der Waals surface area contributed by atoms with Crippen molar-refractivity contribution in [3.8, 4) is 11.5 Å². The Morgan fingerprint density at radius 3 is 2.75 bits per heavy atom. The highest BCUT2D eigenvalue weighted by atomic mass is 35.5. The van der Waals surface area contributed by atoms with Crippen LogP contribution < -0.4 is 15.4 Å². The van der Waals surface area contributed by atoms with Crippen LogP contribution in [-0.4, -0.2) is 18.5 Å². The maximum atomic E-state index is 12.3. The molecular weight excluding hydrogens is 324 g/mol. The molecule has 3 rings (SSSR count). The second kappa shape index (κ2) is 8.71. The number of hydrogen-bond donors (Lipinski definition) is 2. The summed E-state index contributed by atoms with van der Waals surface area (Å²) in [6.45, 7) is 3.01. The van der Waals surface area contributed by atoms with E-state index in [1.54, 1.807) is 0 Å². The van der Waals surface area contributed by atoms with Crippen molar-refractivity contribution in [1.82, 2.24) is 5.32 Å². The Bertz CT molecular complexity index is 670. The molecule has 1 aliphatic rings. The molecule has 0 spiro atoms. The monoisotopic (exact) mass is 346 g/mol. The Hall–Kier alpha value is -2.04. The Balaban J connectivity index is 0.00000208. The number of halogens is 1. The van der Waals surface area contributed by atoms with Gasteiger partial charge in [0, 0.05) is 12.5 Å². The Morgan fingerprint density at radius 1 is 1.25 bits per heavy atom. The molecule has 0 aliphatic carbocycles. The highest BCUT2D eigenvalue weighted by Gasteiger charge is 2.18. The van der Waals surface area contributed by atoms with Crippen LogP contribution in [0.2, 0.25) is 0 Å². The number of anilines is 1. The number of ether oxygens (including phenoxy) is 1. The summed E-state index contributed by atoms with van der Waals surface area (Å²) in [6.07, 6.45) is 2.71. The van der Waals surface area contributed by atoms with E-state index >= 15 is 0 Å². The SMILES string of the molecule is Cc1ccc(Oc2ccccc2)c(NC(=O)CC2CCCN2)c1.Cl. The molecule has 0 aromatic heterocycles. The van der Waals surface area contributed by atoms with Crippen LogP contribution in [0.25, 0.3) is 0 Å². The van der Waals surface area contributed by atoms with Crippen molar-refractivity contribution in [2.75, 3.05) is 11.9 Å². The van der Waals surface area contributed by atoms with Gasteiger partial charge in [-0.1, -0.05) is 24.3 Å². The molecule has 128 valence electrons. The maximum absolute atomic E-state index is 12.3. The number of para-hydroxylation sites is 1. The van der Waals surface area contributed by atoms with Gasteiger partial charge in [0.15, 0.2) is 5.75 Å². The average molecular weight is 347 g/mol. The Kier molecular flexibility index (Phi) is 6.64. The third-order valence-electron chi connectivity index (χ3n) is 3.97. The number of benzene rings is 2. The summed E-state index contributed by atoms with van der Waals surface area (Å²) in [7, 11) is 0. The van der Waals surface area contributed by atoms with Crippen LogP contribution in [0.15, 0.2) is 48.5 Å². The maximum Gasteiger partial charge on any atom is 0.226 e. The van der Waals surface area contributed by atoms with Crippen LogP contribution in [0.1, 0.15) is 24.8 Å². The molecule has 5 heteroatoms. The number of amides is 1. The fourth-order valence-electron chi connectivity index (χ4n) is 2.80. The minimum atomic E-state index is 0. The number of nitrogens with one attached hydrogen (secondary N) is 2. The first-order valence-corrected chi connectivity index (χ1v) is 8.07. The van der Waals surface area contributed by atoms with Gasteiger partial charge in [-0.25, -0.2) is 0 Å². The summed E-state index contributed by atoms with van der Waals surface area (Å²) >= 11 is 0. The van der Waals surface area contributed by atoms with Gasteiger partial charge in [0.2, 0.25) is 5.91 Å². The standard InChI is InChI=1S/C19H22N2O2.ClH/c1-14-9-10-18(23-16-7-3-2-4-8-16)17(12-14)21-19(22)13-15-6-5-11-20-15;/h2-4,7-10,12,15,20H,5-6,11,13H2,1H3,(H,21,22);1H. The molecule has 1 saturated heterocycles. The normalized spacial score (nSPS) is 16.3. The predicted octanol–water partition coefficient (Wildman–Crippen LogP) is 4.29. The van der Waals surface area contributed by atoms with E-state index in [2.05, 4.69) is 10.6 Å². The van der Waals surface area contributed by atoms with Gasteiger partial charge in [-0.15, -0.1) is 12.4 Å². The molecular formula is C19H23ClN2O2. The van der Waals surface area contributed by atoms with Gasteiger partial charge in [-0.05, 0) is 56.1 Å². The van der Waals surface area contributed by atoms with E-state index in [1.165, 1.54) is 0 Å². The van der Waals surface area contributed by atoms with Crippen LogP contribution in [0.5, 0.6) is 11.5 Å². The van der Waals surface area contributed by atoms with Crippen molar-refractivity contribution < 1.29 is 9.53 Å². The molecule has 0 radical (unpaired) electrons. The van der Waals surface area contributed by atoms with Crippen LogP contribution in [0.3, 0.4) is 0 Å². The number of aryl methyl sites for hydroxylation is 1. The fourth-order valence-corrected chi connectivity index (χ4v) is 2.80. The topological polar surface area (TPSA) is 50.4 Å². The predicted molar refractivity (Wildman–Crippen MR) is 99.2 cm³/mol. The van der Waals surface area contributed by atoms with Gasteiger partial charge in [0.25, 0.3) is 0 Å². The molecule has 1 atom stereocenters. The quantitative estimate of drug-likeness (QED) is 0.849. The Morgan fingerprint density at radius 2 is 2.04 bits per heavy atom. The first-order valence-electron chi connectivity index (χ1n) is 8.07. The van der Waals surface area contributed by atoms with Crippen molar-refractivity contribution in [1.29, 1.82) is 0 Å². The van der Waals surface area contributed by atoms with E-state index in [1.807, 2.05) is 55.5 Å². The second-order valence-electron chi connectivity index (χ2n) is 5.96. The second-order valence-corrected chi connectivity index (χ2v) is 5.96. The van der Waals surface area contributed by atoms with E-state index in [0.717, 1.165) is 36.4 Å². The van der Waals surface area contributed by atoms with E-state index in [4.69, 9.17) is 4.74 Å². The van der Waals surface area contributed by atoms with Gasteiger partial charge in [0.05, 0.1) is 5.69 Å². The molecule has 2 aromatic rings. The molecule has 1 fully saturated rings. The summed E-state index contributed by atoms with van der Waals surface area (Å²) in [5, 5.41) is 6.34. The molecule has 0 saturated carbocycles. The minimum Gasteiger partial charge on any atom is -0.455 e. The molecule has 1 heterocycles. The van der Waals surface area contributed by atoms with Gasteiger partial charge in [0.1, 0.15) is 5.75 Å². The summed E-state index contributed by atoms with van der Waals surface area (Å²) < 4.78 is 5.91. The molecule has 4 nitrogen and oxygen atoms in total. The van der Waals surface area contributed by atoms with Crippen molar-refractivity contribution in [3.63, 3.8) is 0 Å².